The Bertz CT molecular complexity index is 605. The van der Waals surface area contributed by atoms with Crippen LogP contribution >= 0.6 is 0 Å². The molecule has 2 aromatic carbocycles. The highest BCUT2D eigenvalue weighted by atomic mass is 28.4. The molecule has 25 heavy (non-hydrogen) atoms. The van der Waals surface area contributed by atoms with Gasteiger partial charge in [0.05, 0.1) is 12.7 Å². The number of epoxide rings is 1. The van der Waals surface area contributed by atoms with Crippen LogP contribution in [0.25, 0.3) is 0 Å². The van der Waals surface area contributed by atoms with Crippen LogP contribution in [0, 0.1) is 0 Å². The molecule has 0 saturated carbocycles. The third-order valence-corrected chi connectivity index (χ3v) is 10.1. The van der Waals surface area contributed by atoms with Crippen LogP contribution in [-0.4, -0.2) is 27.6 Å². The van der Waals surface area contributed by atoms with Gasteiger partial charge in [-0.1, -0.05) is 81.4 Å². The standard InChI is InChI=1S/C22H30O2Si/c1-22(2,3)25(20-13-6-4-7-14-20,21-15-8-5-9-16-21)24-17-11-10-12-19-18-23-19/h4-9,13-16,19H,10-12,17-18H2,1-3H3. The van der Waals surface area contributed by atoms with Gasteiger partial charge in [-0.3, -0.25) is 0 Å². The summed E-state index contributed by atoms with van der Waals surface area (Å²) in [5, 5.41) is 2.79. The van der Waals surface area contributed by atoms with Crippen LogP contribution in [0.1, 0.15) is 40.0 Å². The molecule has 1 aliphatic rings. The Labute approximate surface area is 153 Å². The molecular weight excluding hydrogens is 324 g/mol. The number of ether oxygens (including phenoxy) is 1. The van der Waals surface area contributed by atoms with E-state index in [9.17, 15) is 0 Å². The molecular formula is C22H30O2Si. The molecule has 0 aliphatic carbocycles. The summed E-state index contributed by atoms with van der Waals surface area (Å²) in [7, 11) is -2.34. The fraction of sp³-hybridized carbons (Fsp3) is 0.455. The van der Waals surface area contributed by atoms with Crippen molar-refractivity contribution in [3.05, 3.63) is 60.7 Å². The van der Waals surface area contributed by atoms with E-state index in [0.717, 1.165) is 19.6 Å². The normalized spacial score (nSPS) is 17.5. The largest absolute Gasteiger partial charge is 0.407 e. The van der Waals surface area contributed by atoms with Gasteiger partial charge in [0.1, 0.15) is 0 Å². The van der Waals surface area contributed by atoms with Crippen molar-refractivity contribution in [1.82, 2.24) is 0 Å². The molecule has 0 amide bonds. The molecule has 0 aromatic heterocycles. The summed E-state index contributed by atoms with van der Waals surface area (Å²) in [5.74, 6) is 0. The molecule has 1 fully saturated rings. The Hall–Kier alpha value is -1.42. The molecule has 3 rings (SSSR count). The van der Waals surface area contributed by atoms with Crippen molar-refractivity contribution in [3.8, 4) is 0 Å². The molecule has 0 spiro atoms. The van der Waals surface area contributed by atoms with Crippen LogP contribution in [0.15, 0.2) is 60.7 Å². The molecule has 2 nitrogen and oxygen atoms in total. The van der Waals surface area contributed by atoms with E-state index < -0.39 is 8.32 Å². The van der Waals surface area contributed by atoms with E-state index in [0.29, 0.717) is 6.10 Å². The van der Waals surface area contributed by atoms with Gasteiger partial charge in [-0.2, -0.15) is 0 Å². The van der Waals surface area contributed by atoms with E-state index in [-0.39, 0.29) is 5.04 Å². The minimum Gasteiger partial charge on any atom is -0.407 e. The molecule has 1 heterocycles. The number of unbranched alkanes of at least 4 members (excludes halogenated alkanes) is 1. The SMILES string of the molecule is CC(C)(C)[Si](OCCCCC1CO1)(c1ccccc1)c1ccccc1. The first-order chi connectivity index (χ1) is 12.0. The molecule has 134 valence electrons. The number of benzene rings is 2. The second-order valence-corrected chi connectivity index (χ2v) is 12.3. The minimum atomic E-state index is -2.34. The van der Waals surface area contributed by atoms with Crippen molar-refractivity contribution in [2.75, 3.05) is 13.2 Å². The average Bonchev–Trinajstić information content (AvgIpc) is 3.43. The van der Waals surface area contributed by atoms with Gasteiger partial charge in [-0.05, 0) is 34.7 Å². The topological polar surface area (TPSA) is 21.8 Å². The minimum absolute atomic E-state index is 0.0648. The maximum atomic E-state index is 6.87. The molecule has 0 radical (unpaired) electrons. The predicted molar refractivity (Wildman–Crippen MR) is 107 cm³/mol. The maximum Gasteiger partial charge on any atom is 0.261 e. The van der Waals surface area contributed by atoms with Gasteiger partial charge in [0.2, 0.25) is 0 Å². The zero-order chi connectivity index (χ0) is 17.8. The van der Waals surface area contributed by atoms with Crippen molar-refractivity contribution in [3.63, 3.8) is 0 Å². The second kappa shape index (κ2) is 7.86. The third kappa shape index (κ3) is 4.22. The summed E-state index contributed by atoms with van der Waals surface area (Å²) < 4.78 is 12.2. The molecule has 1 atom stereocenters. The molecule has 1 unspecified atom stereocenters. The molecule has 1 aliphatic heterocycles. The van der Waals surface area contributed by atoms with E-state index in [1.54, 1.807) is 0 Å². The van der Waals surface area contributed by atoms with E-state index in [1.165, 1.54) is 23.2 Å². The lowest BCUT2D eigenvalue weighted by molar-refractivity contribution is 0.283. The Morgan fingerprint density at radius 3 is 1.88 bits per heavy atom. The average molecular weight is 355 g/mol. The van der Waals surface area contributed by atoms with Crippen molar-refractivity contribution in [2.24, 2.45) is 0 Å². The monoisotopic (exact) mass is 354 g/mol. The third-order valence-electron chi connectivity index (χ3n) is 5.06. The van der Waals surface area contributed by atoms with Gasteiger partial charge in [-0.25, -0.2) is 0 Å². The van der Waals surface area contributed by atoms with Crippen LogP contribution in [0.4, 0.5) is 0 Å². The smallest absolute Gasteiger partial charge is 0.261 e. The fourth-order valence-electron chi connectivity index (χ4n) is 3.70. The summed E-state index contributed by atoms with van der Waals surface area (Å²) in [5.41, 5.74) is 0. The van der Waals surface area contributed by atoms with E-state index in [1.807, 2.05) is 0 Å². The van der Waals surface area contributed by atoms with Crippen LogP contribution in [-0.2, 0) is 9.16 Å². The Morgan fingerprint density at radius 2 is 1.44 bits per heavy atom. The zero-order valence-electron chi connectivity index (χ0n) is 15.7. The fourth-order valence-corrected chi connectivity index (χ4v) is 8.30. The summed E-state index contributed by atoms with van der Waals surface area (Å²) in [4.78, 5) is 0. The van der Waals surface area contributed by atoms with Gasteiger partial charge in [0.15, 0.2) is 0 Å². The highest BCUT2D eigenvalue weighted by molar-refractivity contribution is 6.99. The first-order valence-corrected chi connectivity index (χ1v) is 11.3. The van der Waals surface area contributed by atoms with Crippen LogP contribution in [0.5, 0.6) is 0 Å². The molecule has 2 aromatic rings. The maximum absolute atomic E-state index is 6.87. The summed E-state index contributed by atoms with van der Waals surface area (Å²) in [6.45, 7) is 8.77. The Morgan fingerprint density at radius 1 is 0.920 bits per heavy atom. The van der Waals surface area contributed by atoms with Gasteiger partial charge < -0.3 is 9.16 Å². The molecule has 1 saturated heterocycles. The lowest BCUT2D eigenvalue weighted by Crippen LogP contribution is -2.66. The van der Waals surface area contributed by atoms with E-state index in [4.69, 9.17) is 9.16 Å². The zero-order valence-corrected chi connectivity index (χ0v) is 16.7. The molecule has 0 bridgehead atoms. The van der Waals surface area contributed by atoms with Gasteiger partial charge >= 0.3 is 0 Å². The van der Waals surface area contributed by atoms with Crippen LogP contribution in [0.2, 0.25) is 5.04 Å². The van der Waals surface area contributed by atoms with Crippen molar-refractivity contribution < 1.29 is 9.16 Å². The van der Waals surface area contributed by atoms with Crippen molar-refractivity contribution >= 4 is 18.7 Å². The van der Waals surface area contributed by atoms with E-state index >= 15 is 0 Å². The summed E-state index contributed by atoms with van der Waals surface area (Å²) in [6, 6.07) is 21.7. The molecule has 0 N–H and O–H groups in total. The Balaban J connectivity index is 1.88. The van der Waals surface area contributed by atoms with Crippen LogP contribution in [0.3, 0.4) is 0 Å². The van der Waals surface area contributed by atoms with Gasteiger partial charge in [0.25, 0.3) is 8.32 Å². The summed E-state index contributed by atoms with van der Waals surface area (Å²) in [6.07, 6.45) is 3.98. The van der Waals surface area contributed by atoms with Crippen LogP contribution < -0.4 is 10.4 Å². The van der Waals surface area contributed by atoms with Crippen molar-refractivity contribution in [2.45, 2.75) is 51.2 Å². The van der Waals surface area contributed by atoms with Crippen molar-refractivity contribution in [1.29, 1.82) is 0 Å². The first-order valence-electron chi connectivity index (χ1n) is 9.41. The molecule has 3 heteroatoms. The highest BCUT2D eigenvalue weighted by Crippen LogP contribution is 2.36. The number of rotatable bonds is 8. The first kappa shape index (κ1) is 18.4. The summed E-state index contributed by atoms with van der Waals surface area (Å²) >= 11 is 0. The predicted octanol–water partition coefficient (Wildman–Crippen LogP) is 4.13. The van der Waals surface area contributed by atoms with Gasteiger partial charge in [0, 0.05) is 6.61 Å². The van der Waals surface area contributed by atoms with E-state index in [2.05, 4.69) is 81.4 Å². The highest BCUT2D eigenvalue weighted by Gasteiger charge is 2.49. The lowest BCUT2D eigenvalue weighted by Gasteiger charge is -2.43. The Kier molecular flexibility index (Phi) is 5.77. The number of hydrogen-bond donors (Lipinski definition) is 0. The number of hydrogen-bond acceptors (Lipinski definition) is 2. The second-order valence-electron chi connectivity index (χ2n) is 7.96. The quantitative estimate of drug-likeness (QED) is 0.404. The lowest BCUT2D eigenvalue weighted by atomic mass is 10.2. The van der Waals surface area contributed by atoms with Gasteiger partial charge in [-0.15, -0.1) is 0 Å².